The van der Waals surface area contributed by atoms with E-state index in [0.29, 0.717) is 6.29 Å². The van der Waals surface area contributed by atoms with Gasteiger partial charge in [0.15, 0.2) is 6.04 Å². The van der Waals surface area contributed by atoms with Crippen LogP contribution in [0.4, 0.5) is 0 Å². The number of aldehydes is 1. The van der Waals surface area contributed by atoms with E-state index in [1.54, 1.807) is 0 Å². The number of hydrogen-bond donors (Lipinski definition) is 1. The third kappa shape index (κ3) is 2.34. The summed E-state index contributed by atoms with van der Waals surface area (Å²) in [5.74, 6) is -0.702. The van der Waals surface area contributed by atoms with E-state index < -0.39 is 12.0 Å². The molecule has 1 aliphatic carbocycles. The van der Waals surface area contributed by atoms with Gasteiger partial charge < -0.3 is 15.3 Å². The van der Waals surface area contributed by atoms with Crippen LogP contribution >= 0.6 is 0 Å². The smallest absolute Gasteiger partial charge is 0.330 e. The van der Waals surface area contributed by atoms with E-state index >= 15 is 0 Å². The largest absolute Gasteiger partial charge is 0.463 e. The molecule has 1 aliphatic rings. The van der Waals surface area contributed by atoms with Gasteiger partial charge in [0.25, 0.3) is 0 Å². The van der Waals surface area contributed by atoms with Gasteiger partial charge in [-0.1, -0.05) is 48.5 Å². The van der Waals surface area contributed by atoms with E-state index in [2.05, 4.69) is 12.1 Å². The molecule has 0 aromatic heterocycles. The fourth-order valence-corrected chi connectivity index (χ4v) is 2.76. The fourth-order valence-electron chi connectivity index (χ4n) is 2.76. The van der Waals surface area contributed by atoms with Gasteiger partial charge in [0, 0.05) is 5.92 Å². The number of esters is 1. The third-order valence-corrected chi connectivity index (χ3v) is 3.77. The van der Waals surface area contributed by atoms with Gasteiger partial charge in [-0.2, -0.15) is 0 Å². The summed E-state index contributed by atoms with van der Waals surface area (Å²) < 4.78 is 5.20. The van der Waals surface area contributed by atoms with Crippen LogP contribution in [-0.4, -0.2) is 24.9 Å². The normalized spacial score (nSPS) is 14.1. The predicted octanol–water partition coefficient (Wildman–Crippen LogP) is 1.87. The van der Waals surface area contributed by atoms with Crippen molar-refractivity contribution in [3.63, 3.8) is 0 Å². The fraction of sp³-hybridized carbons (Fsp3) is 0.176. The first-order valence-corrected chi connectivity index (χ1v) is 6.78. The summed E-state index contributed by atoms with van der Waals surface area (Å²) in [5, 5.41) is 0. The molecule has 4 heteroatoms. The molecule has 0 saturated carbocycles. The number of ether oxygens (including phenoxy) is 1. The lowest BCUT2D eigenvalue weighted by atomic mass is 9.98. The maximum Gasteiger partial charge on any atom is 0.330 e. The average molecular weight is 281 g/mol. The molecule has 1 atom stereocenters. The number of carbonyl (C=O) groups is 2. The van der Waals surface area contributed by atoms with Crippen molar-refractivity contribution in [2.45, 2.75) is 12.0 Å². The van der Waals surface area contributed by atoms with Crippen LogP contribution in [-0.2, 0) is 14.3 Å². The highest BCUT2D eigenvalue weighted by atomic mass is 16.5. The van der Waals surface area contributed by atoms with Gasteiger partial charge in [0.05, 0.1) is 0 Å². The molecule has 0 aliphatic heterocycles. The minimum Gasteiger partial charge on any atom is -0.463 e. The van der Waals surface area contributed by atoms with E-state index in [9.17, 15) is 9.59 Å². The highest BCUT2D eigenvalue weighted by molar-refractivity contribution is 5.91. The molecule has 21 heavy (non-hydrogen) atoms. The topological polar surface area (TPSA) is 69.4 Å². The van der Waals surface area contributed by atoms with Gasteiger partial charge in [-0.15, -0.1) is 0 Å². The molecule has 2 aromatic rings. The second-order valence-corrected chi connectivity index (χ2v) is 5.02. The van der Waals surface area contributed by atoms with Gasteiger partial charge in [0.2, 0.25) is 0 Å². The quantitative estimate of drug-likeness (QED) is 0.527. The maximum atomic E-state index is 11.6. The van der Waals surface area contributed by atoms with Crippen molar-refractivity contribution >= 4 is 12.3 Å². The highest BCUT2D eigenvalue weighted by Crippen LogP contribution is 2.44. The molecule has 1 unspecified atom stereocenters. The lowest BCUT2D eigenvalue weighted by Crippen LogP contribution is -2.34. The number of carbonyl (C=O) groups excluding carboxylic acids is 2. The summed E-state index contributed by atoms with van der Waals surface area (Å²) in [5.41, 5.74) is 9.93. The molecule has 2 aromatic carbocycles. The average Bonchev–Trinajstić information content (AvgIpc) is 2.86. The van der Waals surface area contributed by atoms with E-state index in [1.807, 2.05) is 36.4 Å². The van der Waals surface area contributed by atoms with Crippen molar-refractivity contribution in [1.82, 2.24) is 0 Å². The molecule has 0 radical (unpaired) electrons. The Morgan fingerprint density at radius 1 is 1.10 bits per heavy atom. The molecule has 3 rings (SSSR count). The van der Waals surface area contributed by atoms with Crippen molar-refractivity contribution in [3.05, 3.63) is 59.7 Å². The van der Waals surface area contributed by atoms with Crippen molar-refractivity contribution < 1.29 is 14.3 Å². The second-order valence-electron chi connectivity index (χ2n) is 5.02. The Labute approximate surface area is 122 Å². The van der Waals surface area contributed by atoms with Crippen molar-refractivity contribution in [2.75, 3.05) is 6.61 Å². The highest BCUT2D eigenvalue weighted by Gasteiger charge is 2.29. The first-order valence-electron chi connectivity index (χ1n) is 6.78. The lowest BCUT2D eigenvalue weighted by molar-refractivity contribution is -0.146. The molecule has 0 saturated heterocycles. The van der Waals surface area contributed by atoms with E-state index in [4.69, 9.17) is 10.5 Å². The SMILES string of the molecule is NC(C=O)C(=O)OCC1c2ccccc2-c2ccccc21. The number of fused-ring (bicyclic) bond motifs is 3. The summed E-state index contributed by atoms with van der Waals surface area (Å²) in [7, 11) is 0. The Hall–Kier alpha value is -2.46. The lowest BCUT2D eigenvalue weighted by Gasteiger charge is -2.14. The van der Waals surface area contributed by atoms with Crippen molar-refractivity contribution in [2.24, 2.45) is 5.73 Å². The first-order chi connectivity index (χ1) is 10.2. The van der Waals surface area contributed by atoms with Gasteiger partial charge in [-0.05, 0) is 22.3 Å². The Kier molecular flexibility index (Phi) is 3.54. The van der Waals surface area contributed by atoms with Gasteiger partial charge in [-0.3, -0.25) is 0 Å². The van der Waals surface area contributed by atoms with Gasteiger partial charge in [0.1, 0.15) is 12.9 Å². The second kappa shape index (κ2) is 5.50. The molecule has 0 spiro atoms. The summed E-state index contributed by atoms with van der Waals surface area (Å²) in [4.78, 5) is 22.1. The van der Waals surface area contributed by atoms with Gasteiger partial charge in [-0.25, -0.2) is 4.79 Å². The number of benzene rings is 2. The van der Waals surface area contributed by atoms with Crippen LogP contribution in [0.2, 0.25) is 0 Å². The van der Waals surface area contributed by atoms with Crippen molar-refractivity contribution in [3.8, 4) is 11.1 Å². The number of rotatable bonds is 4. The molecular weight excluding hydrogens is 266 g/mol. The van der Waals surface area contributed by atoms with Crippen LogP contribution in [0.5, 0.6) is 0 Å². The molecule has 0 bridgehead atoms. The maximum absolute atomic E-state index is 11.6. The van der Waals surface area contributed by atoms with E-state index in [1.165, 1.54) is 0 Å². The number of nitrogens with two attached hydrogens (primary N) is 1. The van der Waals surface area contributed by atoms with Crippen LogP contribution in [0.3, 0.4) is 0 Å². The summed E-state index contributed by atoms with van der Waals surface area (Å²) in [6.45, 7) is 0.189. The molecule has 106 valence electrons. The minimum atomic E-state index is -1.21. The van der Waals surface area contributed by atoms with Crippen molar-refractivity contribution in [1.29, 1.82) is 0 Å². The summed E-state index contributed by atoms with van der Waals surface area (Å²) in [6, 6.07) is 14.9. The zero-order chi connectivity index (χ0) is 14.8. The molecular formula is C17H15NO3. The Balaban J connectivity index is 1.89. The van der Waals surface area contributed by atoms with Crippen LogP contribution in [0.15, 0.2) is 48.5 Å². The molecule has 2 N–H and O–H groups in total. The molecule has 0 amide bonds. The monoisotopic (exact) mass is 281 g/mol. The summed E-state index contributed by atoms with van der Waals surface area (Å²) in [6.07, 6.45) is 0.388. The minimum absolute atomic E-state index is 0.0137. The molecule has 4 nitrogen and oxygen atoms in total. The van der Waals surface area contributed by atoms with Crippen LogP contribution < -0.4 is 5.73 Å². The Morgan fingerprint density at radius 3 is 2.14 bits per heavy atom. The first kappa shape index (κ1) is 13.5. The van der Waals surface area contributed by atoms with E-state index in [-0.39, 0.29) is 12.5 Å². The van der Waals surface area contributed by atoms with Crippen LogP contribution in [0, 0.1) is 0 Å². The molecule has 0 fully saturated rings. The van der Waals surface area contributed by atoms with Gasteiger partial charge >= 0.3 is 5.97 Å². The predicted molar refractivity (Wildman–Crippen MR) is 78.7 cm³/mol. The van der Waals surface area contributed by atoms with Crippen LogP contribution in [0.1, 0.15) is 17.0 Å². The van der Waals surface area contributed by atoms with Crippen LogP contribution in [0.25, 0.3) is 11.1 Å². The van der Waals surface area contributed by atoms with E-state index in [0.717, 1.165) is 22.3 Å². The third-order valence-electron chi connectivity index (χ3n) is 3.77. The Morgan fingerprint density at radius 2 is 1.62 bits per heavy atom. The standard InChI is InChI=1S/C17H15NO3/c18-16(9-19)17(20)21-10-15-13-7-3-1-5-11(13)12-6-2-4-8-14(12)15/h1-9,15-16H,10,18H2. The molecule has 0 heterocycles. The Bertz CT molecular complexity index is 650. The summed E-state index contributed by atoms with van der Waals surface area (Å²) >= 11 is 0. The number of hydrogen-bond acceptors (Lipinski definition) is 4. The zero-order valence-electron chi connectivity index (χ0n) is 11.4. The zero-order valence-corrected chi connectivity index (χ0v) is 11.4.